The van der Waals surface area contributed by atoms with Crippen molar-refractivity contribution in [1.82, 2.24) is 5.32 Å². The van der Waals surface area contributed by atoms with Gasteiger partial charge in [0, 0.05) is 6.04 Å². The molecule has 0 aromatic carbocycles. The van der Waals surface area contributed by atoms with Gasteiger partial charge in [0.15, 0.2) is 0 Å². The molecular weight excluding hydrogens is 220 g/mol. The summed E-state index contributed by atoms with van der Waals surface area (Å²) in [5.74, 6) is 0.902. The largest absolute Gasteiger partial charge is 0.352 e. The van der Waals surface area contributed by atoms with Gasteiger partial charge in [0.2, 0.25) is 5.91 Å². The fraction of sp³-hybridized carbons (Fsp3) is 0.750. The second-order valence-electron chi connectivity index (χ2n) is 4.02. The quantitative estimate of drug-likeness (QED) is 0.481. The number of unbranched alkanes of at least 4 members (excludes halogenated alkanes) is 1. The molecular formula is C12H24N2OS. The Morgan fingerprint density at radius 1 is 1.56 bits per heavy atom. The molecule has 3 nitrogen and oxygen atoms in total. The van der Waals surface area contributed by atoms with Crippen molar-refractivity contribution in [3.05, 3.63) is 12.7 Å². The molecule has 4 heteroatoms. The highest BCUT2D eigenvalue weighted by molar-refractivity contribution is 7.98. The number of thioether (sulfide) groups is 1. The number of nitrogens with two attached hydrogens (primary N) is 1. The predicted molar refractivity (Wildman–Crippen MR) is 72.6 cm³/mol. The molecule has 2 unspecified atom stereocenters. The third-order valence-electron chi connectivity index (χ3n) is 2.40. The van der Waals surface area contributed by atoms with E-state index in [0.717, 1.165) is 31.4 Å². The third-order valence-corrected chi connectivity index (χ3v) is 3.05. The van der Waals surface area contributed by atoms with Gasteiger partial charge in [0.05, 0.1) is 6.04 Å². The fourth-order valence-corrected chi connectivity index (χ4v) is 1.86. The standard InChI is InChI=1S/C12H24N2OS/c1-4-5-6-7-10(2)14-12(15)11(13)8-9-16-3/h4,10-11H,1,5-9,13H2,2-3H3,(H,14,15). The fourth-order valence-electron chi connectivity index (χ4n) is 1.37. The summed E-state index contributed by atoms with van der Waals surface area (Å²) in [5.41, 5.74) is 5.76. The molecule has 3 N–H and O–H groups in total. The van der Waals surface area contributed by atoms with E-state index in [4.69, 9.17) is 5.73 Å². The molecule has 0 saturated heterocycles. The highest BCUT2D eigenvalue weighted by atomic mass is 32.2. The van der Waals surface area contributed by atoms with E-state index in [1.165, 1.54) is 0 Å². The first-order valence-electron chi connectivity index (χ1n) is 5.77. The van der Waals surface area contributed by atoms with Crippen LogP contribution in [0.1, 0.15) is 32.6 Å². The van der Waals surface area contributed by atoms with Crippen LogP contribution in [0.3, 0.4) is 0 Å². The van der Waals surface area contributed by atoms with E-state index in [-0.39, 0.29) is 18.0 Å². The van der Waals surface area contributed by atoms with Crippen molar-refractivity contribution in [3.8, 4) is 0 Å². The molecule has 0 fully saturated rings. The number of allylic oxidation sites excluding steroid dienone is 1. The SMILES string of the molecule is C=CCCCC(C)NC(=O)C(N)CCSC. The minimum atomic E-state index is -0.366. The molecule has 0 heterocycles. The summed E-state index contributed by atoms with van der Waals surface area (Å²) < 4.78 is 0. The zero-order valence-corrected chi connectivity index (χ0v) is 11.2. The van der Waals surface area contributed by atoms with Crippen LogP contribution >= 0.6 is 11.8 Å². The average Bonchev–Trinajstić information content (AvgIpc) is 2.26. The molecule has 0 rings (SSSR count). The van der Waals surface area contributed by atoms with Crippen molar-refractivity contribution in [2.45, 2.75) is 44.7 Å². The maximum atomic E-state index is 11.6. The first kappa shape index (κ1) is 15.5. The van der Waals surface area contributed by atoms with Gasteiger partial charge >= 0.3 is 0 Å². The monoisotopic (exact) mass is 244 g/mol. The molecule has 0 saturated carbocycles. The van der Waals surface area contributed by atoms with Gasteiger partial charge in [-0.3, -0.25) is 4.79 Å². The number of carbonyl (C=O) groups is 1. The molecule has 0 bridgehead atoms. The maximum Gasteiger partial charge on any atom is 0.237 e. The second-order valence-corrected chi connectivity index (χ2v) is 5.00. The number of nitrogens with one attached hydrogen (secondary N) is 1. The lowest BCUT2D eigenvalue weighted by atomic mass is 10.1. The van der Waals surface area contributed by atoms with Crippen molar-refractivity contribution < 1.29 is 4.79 Å². The highest BCUT2D eigenvalue weighted by Gasteiger charge is 2.14. The van der Waals surface area contributed by atoms with Crippen molar-refractivity contribution >= 4 is 17.7 Å². The van der Waals surface area contributed by atoms with E-state index >= 15 is 0 Å². The van der Waals surface area contributed by atoms with Gasteiger partial charge in [-0.05, 0) is 44.6 Å². The number of rotatable bonds is 9. The minimum absolute atomic E-state index is 0.0276. The van der Waals surface area contributed by atoms with Gasteiger partial charge in [-0.2, -0.15) is 11.8 Å². The normalized spacial score (nSPS) is 14.2. The van der Waals surface area contributed by atoms with Crippen molar-refractivity contribution in [2.24, 2.45) is 5.73 Å². The molecule has 0 aromatic rings. The molecule has 16 heavy (non-hydrogen) atoms. The number of hydrogen-bond donors (Lipinski definition) is 2. The van der Waals surface area contributed by atoms with Gasteiger partial charge in [0.25, 0.3) is 0 Å². The Morgan fingerprint density at radius 3 is 2.81 bits per heavy atom. The van der Waals surface area contributed by atoms with Crippen LogP contribution in [0.25, 0.3) is 0 Å². The third kappa shape index (κ3) is 7.77. The lowest BCUT2D eigenvalue weighted by molar-refractivity contribution is -0.123. The summed E-state index contributed by atoms with van der Waals surface area (Å²) >= 11 is 1.71. The van der Waals surface area contributed by atoms with Gasteiger partial charge in [-0.15, -0.1) is 6.58 Å². The second kappa shape index (κ2) is 9.73. The van der Waals surface area contributed by atoms with E-state index in [1.807, 2.05) is 19.3 Å². The van der Waals surface area contributed by atoms with Crippen LogP contribution < -0.4 is 11.1 Å². The minimum Gasteiger partial charge on any atom is -0.352 e. The van der Waals surface area contributed by atoms with Crippen molar-refractivity contribution in [1.29, 1.82) is 0 Å². The molecule has 0 aromatic heterocycles. The predicted octanol–water partition coefficient (Wildman–Crippen LogP) is 1.93. The maximum absolute atomic E-state index is 11.6. The lowest BCUT2D eigenvalue weighted by Gasteiger charge is -2.17. The number of hydrogen-bond acceptors (Lipinski definition) is 3. The van der Waals surface area contributed by atoms with Crippen molar-refractivity contribution in [3.63, 3.8) is 0 Å². The first-order valence-corrected chi connectivity index (χ1v) is 7.17. The van der Waals surface area contributed by atoms with E-state index in [0.29, 0.717) is 0 Å². The molecule has 0 aliphatic heterocycles. The van der Waals surface area contributed by atoms with Crippen LogP contribution in [0.2, 0.25) is 0 Å². The van der Waals surface area contributed by atoms with E-state index in [2.05, 4.69) is 11.9 Å². The number of carbonyl (C=O) groups excluding carboxylic acids is 1. The van der Waals surface area contributed by atoms with Crippen molar-refractivity contribution in [2.75, 3.05) is 12.0 Å². The van der Waals surface area contributed by atoms with E-state index in [9.17, 15) is 4.79 Å². The molecule has 2 atom stereocenters. The summed E-state index contributed by atoms with van der Waals surface area (Å²) in [5, 5.41) is 2.94. The Kier molecular flexibility index (Phi) is 9.43. The zero-order valence-electron chi connectivity index (χ0n) is 10.4. The Bertz CT molecular complexity index is 209. The Morgan fingerprint density at radius 2 is 2.25 bits per heavy atom. The first-order chi connectivity index (χ1) is 7.61. The van der Waals surface area contributed by atoms with Gasteiger partial charge < -0.3 is 11.1 Å². The Labute approximate surface area is 103 Å². The molecule has 1 amide bonds. The lowest BCUT2D eigenvalue weighted by Crippen LogP contribution is -2.44. The molecule has 0 spiro atoms. The smallest absolute Gasteiger partial charge is 0.237 e. The molecule has 0 aliphatic carbocycles. The van der Waals surface area contributed by atoms with Crippen LogP contribution in [0.15, 0.2) is 12.7 Å². The van der Waals surface area contributed by atoms with Crippen LogP contribution in [-0.2, 0) is 4.79 Å². The van der Waals surface area contributed by atoms with E-state index < -0.39 is 0 Å². The summed E-state index contributed by atoms with van der Waals surface area (Å²) in [6, 6.07) is -0.165. The zero-order chi connectivity index (χ0) is 12.4. The van der Waals surface area contributed by atoms with E-state index in [1.54, 1.807) is 11.8 Å². The summed E-state index contributed by atoms with van der Waals surface area (Å²) in [6.07, 6.45) is 7.70. The van der Waals surface area contributed by atoms with Gasteiger partial charge in [0.1, 0.15) is 0 Å². The average molecular weight is 244 g/mol. The topological polar surface area (TPSA) is 55.1 Å². The van der Waals surface area contributed by atoms with Gasteiger partial charge in [-0.1, -0.05) is 6.08 Å². The Hall–Kier alpha value is -0.480. The highest BCUT2D eigenvalue weighted by Crippen LogP contribution is 2.03. The number of amides is 1. The summed E-state index contributed by atoms with van der Waals surface area (Å²) in [7, 11) is 0. The Balaban J connectivity index is 3.71. The van der Waals surface area contributed by atoms with Crippen LogP contribution in [-0.4, -0.2) is 30.0 Å². The van der Waals surface area contributed by atoms with Crippen LogP contribution in [0.4, 0.5) is 0 Å². The van der Waals surface area contributed by atoms with Crippen LogP contribution in [0, 0.1) is 0 Å². The van der Waals surface area contributed by atoms with Gasteiger partial charge in [-0.25, -0.2) is 0 Å². The molecule has 94 valence electrons. The summed E-state index contributed by atoms with van der Waals surface area (Å²) in [4.78, 5) is 11.6. The molecule has 0 radical (unpaired) electrons. The molecule has 0 aliphatic rings. The van der Waals surface area contributed by atoms with Crippen LogP contribution in [0.5, 0.6) is 0 Å². The summed E-state index contributed by atoms with van der Waals surface area (Å²) in [6.45, 7) is 5.69.